The van der Waals surface area contributed by atoms with Crippen LogP contribution < -0.4 is 10.9 Å². The summed E-state index contributed by atoms with van der Waals surface area (Å²) in [7, 11) is 0. The molecule has 0 aliphatic heterocycles. The van der Waals surface area contributed by atoms with E-state index in [4.69, 9.17) is 0 Å². The smallest absolute Gasteiger partial charge is 0.262 e. The predicted octanol–water partition coefficient (Wildman–Crippen LogP) is 3.77. The number of carbonyl (C=O) groups is 2. The van der Waals surface area contributed by atoms with Gasteiger partial charge in [-0.1, -0.05) is 68.4 Å². The number of hydrogen-bond donors (Lipinski definition) is 2. The van der Waals surface area contributed by atoms with Crippen LogP contribution in [-0.4, -0.2) is 11.8 Å². The van der Waals surface area contributed by atoms with Crippen molar-refractivity contribution in [3.63, 3.8) is 0 Å². The minimum atomic E-state index is -0.344. The first-order valence-corrected chi connectivity index (χ1v) is 8.97. The molecule has 4 heteroatoms. The summed E-state index contributed by atoms with van der Waals surface area (Å²) < 4.78 is 0. The second-order valence-electron chi connectivity index (χ2n) is 6.99. The van der Waals surface area contributed by atoms with Crippen molar-refractivity contribution in [2.24, 2.45) is 5.92 Å². The van der Waals surface area contributed by atoms with Crippen LogP contribution in [0.1, 0.15) is 48.8 Å². The van der Waals surface area contributed by atoms with Crippen molar-refractivity contribution in [1.29, 1.82) is 0 Å². The van der Waals surface area contributed by atoms with E-state index in [1.54, 1.807) is 6.08 Å². The average molecular weight is 348 g/mol. The van der Waals surface area contributed by atoms with Gasteiger partial charge in [0.05, 0.1) is 0 Å². The van der Waals surface area contributed by atoms with Gasteiger partial charge in [0, 0.05) is 12.0 Å². The number of hydrogen-bond acceptors (Lipinski definition) is 2. The molecule has 0 heterocycles. The van der Waals surface area contributed by atoms with Crippen molar-refractivity contribution >= 4 is 17.9 Å². The summed E-state index contributed by atoms with van der Waals surface area (Å²) in [5.41, 5.74) is 8.34. The molecule has 1 fully saturated rings. The van der Waals surface area contributed by atoms with Gasteiger partial charge in [-0.2, -0.15) is 0 Å². The Morgan fingerprint density at radius 2 is 1.69 bits per heavy atom. The number of rotatable bonds is 5. The Kier molecular flexibility index (Phi) is 5.52. The van der Waals surface area contributed by atoms with E-state index in [1.165, 1.54) is 17.2 Å². The van der Waals surface area contributed by atoms with Gasteiger partial charge in [-0.3, -0.25) is 20.4 Å². The fraction of sp³-hybridized carbons (Fsp3) is 0.273. The molecule has 26 heavy (non-hydrogen) atoms. The first kappa shape index (κ1) is 17.9. The van der Waals surface area contributed by atoms with E-state index in [0.29, 0.717) is 5.92 Å². The molecule has 2 atom stereocenters. The molecule has 0 radical (unpaired) electrons. The highest BCUT2D eigenvalue weighted by atomic mass is 16.2. The molecule has 1 aliphatic carbocycles. The van der Waals surface area contributed by atoms with Crippen LogP contribution in [0.4, 0.5) is 0 Å². The molecule has 2 unspecified atom stereocenters. The van der Waals surface area contributed by atoms with Crippen LogP contribution in [0.25, 0.3) is 6.08 Å². The number of amides is 2. The quantitative estimate of drug-likeness (QED) is 0.638. The summed E-state index contributed by atoms with van der Waals surface area (Å²) >= 11 is 0. The standard InChI is InChI=1S/C22H24N2O2/c1-15(2)17-11-8-16(9-12-17)10-13-21(25)23-24-22(26)20-14-19(20)18-6-4-3-5-7-18/h3-13,15,19-20H,14H2,1-2H3,(H,23,25)(H,24,26)/b13-10+. The Hall–Kier alpha value is -2.88. The van der Waals surface area contributed by atoms with Gasteiger partial charge in [0.2, 0.25) is 5.91 Å². The second-order valence-corrected chi connectivity index (χ2v) is 6.99. The summed E-state index contributed by atoms with van der Waals surface area (Å²) in [6.07, 6.45) is 3.98. The maximum absolute atomic E-state index is 12.1. The first-order chi connectivity index (χ1) is 12.5. The van der Waals surface area contributed by atoms with Crippen molar-refractivity contribution in [1.82, 2.24) is 10.9 Å². The molecule has 0 aromatic heterocycles. The highest BCUT2D eigenvalue weighted by molar-refractivity contribution is 5.93. The molecule has 2 amide bonds. The molecule has 4 nitrogen and oxygen atoms in total. The molecule has 1 saturated carbocycles. The molecular formula is C22H24N2O2. The van der Waals surface area contributed by atoms with Gasteiger partial charge in [-0.25, -0.2) is 0 Å². The van der Waals surface area contributed by atoms with Crippen LogP contribution in [0.2, 0.25) is 0 Å². The van der Waals surface area contributed by atoms with Gasteiger partial charge < -0.3 is 0 Å². The van der Waals surface area contributed by atoms with Crippen molar-refractivity contribution in [2.45, 2.75) is 32.1 Å². The van der Waals surface area contributed by atoms with E-state index in [9.17, 15) is 9.59 Å². The van der Waals surface area contributed by atoms with Crippen LogP contribution in [0, 0.1) is 5.92 Å². The average Bonchev–Trinajstić information content (AvgIpc) is 3.46. The van der Waals surface area contributed by atoms with Gasteiger partial charge in [-0.15, -0.1) is 0 Å². The molecule has 1 aliphatic rings. The van der Waals surface area contributed by atoms with E-state index < -0.39 is 0 Å². The Morgan fingerprint density at radius 1 is 1.00 bits per heavy atom. The minimum Gasteiger partial charge on any atom is -0.273 e. The lowest BCUT2D eigenvalue weighted by molar-refractivity contribution is -0.127. The number of benzene rings is 2. The van der Waals surface area contributed by atoms with Crippen molar-refractivity contribution in [2.75, 3.05) is 0 Å². The number of nitrogens with one attached hydrogen (secondary N) is 2. The third kappa shape index (κ3) is 4.60. The molecule has 2 aromatic carbocycles. The monoisotopic (exact) mass is 348 g/mol. The molecule has 0 spiro atoms. The van der Waals surface area contributed by atoms with E-state index >= 15 is 0 Å². The highest BCUT2D eigenvalue weighted by Crippen LogP contribution is 2.47. The molecule has 134 valence electrons. The minimum absolute atomic E-state index is 0.0646. The van der Waals surface area contributed by atoms with Crippen molar-refractivity contribution in [3.05, 3.63) is 77.4 Å². The van der Waals surface area contributed by atoms with Crippen molar-refractivity contribution in [3.8, 4) is 0 Å². The lowest BCUT2D eigenvalue weighted by atomic mass is 10.0. The Morgan fingerprint density at radius 3 is 2.35 bits per heavy atom. The summed E-state index contributed by atoms with van der Waals surface area (Å²) in [6, 6.07) is 18.0. The van der Waals surface area contributed by atoms with Gasteiger partial charge in [0.25, 0.3) is 5.91 Å². The van der Waals surface area contributed by atoms with E-state index in [1.807, 2.05) is 42.5 Å². The maximum atomic E-state index is 12.1. The number of carbonyl (C=O) groups excluding carboxylic acids is 2. The van der Waals surface area contributed by atoms with Crippen LogP contribution in [-0.2, 0) is 9.59 Å². The maximum Gasteiger partial charge on any atom is 0.262 e. The van der Waals surface area contributed by atoms with E-state index in [-0.39, 0.29) is 23.7 Å². The Balaban J connectivity index is 1.45. The third-order valence-electron chi connectivity index (χ3n) is 4.69. The lowest BCUT2D eigenvalue weighted by Crippen LogP contribution is -2.41. The van der Waals surface area contributed by atoms with Crippen LogP contribution in [0.3, 0.4) is 0 Å². The molecule has 3 rings (SSSR count). The highest BCUT2D eigenvalue weighted by Gasteiger charge is 2.43. The third-order valence-corrected chi connectivity index (χ3v) is 4.69. The van der Waals surface area contributed by atoms with Gasteiger partial charge >= 0.3 is 0 Å². The fourth-order valence-corrected chi connectivity index (χ4v) is 2.97. The fourth-order valence-electron chi connectivity index (χ4n) is 2.97. The SMILES string of the molecule is CC(C)c1ccc(/C=C/C(=O)NNC(=O)C2CC2c2ccccc2)cc1. The molecule has 0 saturated heterocycles. The first-order valence-electron chi connectivity index (χ1n) is 8.97. The predicted molar refractivity (Wildman–Crippen MR) is 103 cm³/mol. The molecule has 0 bridgehead atoms. The largest absolute Gasteiger partial charge is 0.273 e. The summed E-state index contributed by atoms with van der Waals surface area (Å²) in [5.74, 6) is 0.187. The lowest BCUT2D eigenvalue weighted by Gasteiger charge is -2.06. The molecule has 2 aromatic rings. The van der Waals surface area contributed by atoms with Gasteiger partial charge in [-0.05, 0) is 41.0 Å². The topological polar surface area (TPSA) is 58.2 Å². The zero-order valence-electron chi connectivity index (χ0n) is 15.1. The normalized spacial score (nSPS) is 18.7. The Labute approximate surface area is 154 Å². The van der Waals surface area contributed by atoms with Crippen LogP contribution in [0.5, 0.6) is 0 Å². The van der Waals surface area contributed by atoms with Crippen LogP contribution >= 0.6 is 0 Å². The van der Waals surface area contributed by atoms with Gasteiger partial charge in [0.15, 0.2) is 0 Å². The molecular weight excluding hydrogens is 324 g/mol. The second kappa shape index (κ2) is 8.00. The van der Waals surface area contributed by atoms with E-state index in [0.717, 1.165) is 12.0 Å². The molecule has 2 N–H and O–H groups in total. The zero-order valence-corrected chi connectivity index (χ0v) is 15.1. The van der Waals surface area contributed by atoms with Crippen molar-refractivity contribution < 1.29 is 9.59 Å². The summed E-state index contributed by atoms with van der Waals surface area (Å²) in [4.78, 5) is 24.0. The summed E-state index contributed by atoms with van der Waals surface area (Å²) in [5, 5.41) is 0. The van der Waals surface area contributed by atoms with E-state index in [2.05, 4.69) is 36.8 Å². The number of hydrazine groups is 1. The Bertz CT molecular complexity index is 795. The van der Waals surface area contributed by atoms with Crippen LogP contribution in [0.15, 0.2) is 60.7 Å². The summed E-state index contributed by atoms with van der Waals surface area (Å²) in [6.45, 7) is 4.28. The van der Waals surface area contributed by atoms with Gasteiger partial charge in [0.1, 0.15) is 0 Å². The zero-order chi connectivity index (χ0) is 18.5.